The number of thioether (sulfide) groups is 1. The topological polar surface area (TPSA) is 46.9 Å². The molecule has 1 aromatic heterocycles. The van der Waals surface area contributed by atoms with Crippen molar-refractivity contribution in [3.63, 3.8) is 0 Å². The molecule has 0 aliphatic carbocycles. The van der Waals surface area contributed by atoms with E-state index < -0.39 is 0 Å². The number of anilines is 1. The Hall–Kier alpha value is -1.76. The molecule has 1 N–H and O–H groups in total. The number of aryl methyl sites for hydroxylation is 1. The minimum atomic E-state index is -0.231. The van der Waals surface area contributed by atoms with Gasteiger partial charge in [-0.05, 0) is 56.0 Å². The van der Waals surface area contributed by atoms with Crippen molar-refractivity contribution in [2.45, 2.75) is 25.3 Å². The molecule has 0 saturated heterocycles. The van der Waals surface area contributed by atoms with Gasteiger partial charge in [0.25, 0.3) is 5.91 Å². The normalized spacial score (nSPS) is 10.9. The molecular weight excluding hydrogens is 446 g/mol. The molecule has 0 radical (unpaired) electrons. The summed E-state index contributed by atoms with van der Waals surface area (Å²) < 4.78 is 2.94. The van der Waals surface area contributed by atoms with Crippen LogP contribution >= 0.6 is 39.3 Å². The van der Waals surface area contributed by atoms with Crippen LogP contribution in [0.15, 0.2) is 51.8 Å². The Bertz CT molecular complexity index is 986. The van der Waals surface area contributed by atoms with Crippen LogP contribution in [0, 0.1) is 13.8 Å². The number of amides is 1. The Morgan fingerprint density at radius 2 is 1.93 bits per heavy atom. The Labute approximate surface area is 176 Å². The van der Waals surface area contributed by atoms with Gasteiger partial charge in [-0.3, -0.25) is 9.48 Å². The number of rotatable bonds is 5. The van der Waals surface area contributed by atoms with Crippen molar-refractivity contribution < 1.29 is 4.79 Å². The molecule has 0 unspecified atom stereocenters. The maximum absolute atomic E-state index is 12.8. The first-order valence-electron chi connectivity index (χ1n) is 8.32. The van der Waals surface area contributed by atoms with Crippen LogP contribution in [0.4, 0.5) is 5.69 Å². The third-order valence-electron chi connectivity index (χ3n) is 4.28. The zero-order chi connectivity index (χ0) is 19.6. The van der Waals surface area contributed by atoms with E-state index in [1.165, 1.54) is 0 Å². The lowest BCUT2D eigenvalue weighted by molar-refractivity contribution is 0.102. The zero-order valence-electron chi connectivity index (χ0n) is 15.2. The fourth-order valence-electron chi connectivity index (χ4n) is 2.78. The van der Waals surface area contributed by atoms with Crippen LogP contribution in [-0.2, 0) is 6.54 Å². The summed E-state index contributed by atoms with van der Waals surface area (Å²) >= 11 is 11.2. The number of hydrogen-bond acceptors (Lipinski definition) is 3. The molecule has 0 saturated carbocycles. The summed E-state index contributed by atoms with van der Waals surface area (Å²) in [6.45, 7) is 4.48. The SMILES string of the molecule is CSc1ccc(Cl)c(C(=O)Nc2c(C)nn(Cc3ccc(Br)cc3)c2C)c1. The van der Waals surface area contributed by atoms with Gasteiger partial charge in [0.15, 0.2) is 0 Å². The number of benzene rings is 2. The molecule has 7 heteroatoms. The summed E-state index contributed by atoms with van der Waals surface area (Å²) in [5.41, 5.74) is 4.00. The summed E-state index contributed by atoms with van der Waals surface area (Å²) in [5.74, 6) is -0.231. The molecule has 0 fully saturated rings. The molecule has 3 rings (SSSR count). The maximum Gasteiger partial charge on any atom is 0.257 e. The Morgan fingerprint density at radius 1 is 1.22 bits per heavy atom. The standard InChI is InChI=1S/C20H19BrClN3OS/c1-12-19(23-20(26)17-10-16(27-3)8-9-18(17)22)13(2)25(24-12)11-14-4-6-15(21)7-5-14/h4-10H,11H2,1-3H3,(H,23,26). The summed E-state index contributed by atoms with van der Waals surface area (Å²) in [5, 5.41) is 8.00. The molecule has 0 bridgehead atoms. The van der Waals surface area contributed by atoms with Crippen molar-refractivity contribution in [3.05, 3.63) is 74.5 Å². The molecule has 1 amide bonds. The lowest BCUT2D eigenvalue weighted by atomic mass is 10.2. The van der Waals surface area contributed by atoms with E-state index in [0.717, 1.165) is 32.0 Å². The van der Waals surface area contributed by atoms with Gasteiger partial charge in [-0.2, -0.15) is 5.10 Å². The third kappa shape index (κ3) is 4.57. The van der Waals surface area contributed by atoms with Gasteiger partial charge in [-0.1, -0.05) is 39.7 Å². The van der Waals surface area contributed by atoms with Gasteiger partial charge in [0, 0.05) is 9.37 Å². The Kier molecular flexibility index (Phi) is 6.29. The first-order chi connectivity index (χ1) is 12.9. The summed E-state index contributed by atoms with van der Waals surface area (Å²) in [6, 6.07) is 13.6. The second-order valence-corrected chi connectivity index (χ2v) is 8.33. The van der Waals surface area contributed by atoms with Crippen molar-refractivity contribution in [2.24, 2.45) is 0 Å². The van der Waals surface area contributed by atoms with E-state index in [0.29, 0.717) is 17.1 Å². The van der Waals surface area contributed by atoms with Crippen LogP contribution in [0.25, 0.3) is 0 Å². The summed E-state index contributed by atoms with van der Waals surface area (Å²) in [7, 11) is 0. The van der Waals surface area contributed by atoms with E-state index in [2.05, 4.69) is 26.3 Å². The highest BCUT2D eigenvalue weighted by atomic mass is 79.9. The van der Waals surface area contributed by atoms with Crippen molar-refractivity contribution >= 4 is 50.9 Å². The number of halogens is 2. The predicted octanol–water partition coefficient (Wildman–Crippen LogP) is 5.94. The van der Waals surface area contributed by atoms with Crippen molar-refractivity contribution in [2.75, 3.05) is 11.6 Å². The fourth-order valence-corrected chi connectivity index (χ4v) is 3.69. The van der Waals surface area contributed by atoms with E-state index in [-0.39, 0.29) is 5.91 Å². The molecule has 1 heterocycles. The first kappa shape index (κ1) is 20.0. The number of hydrogen-bond donors (Lipinski definition) is 1. The smallest absolute Gasteiger partial charge is 0.257 e. The number of nitrogens with zero attached hydrogens (tertiary/aromatic N) is 2. The fraction of sp³-hybridized carbons (Fsp3) is 0.200. The maximum atomic E-state index is 12.8. The van der Waals surface area contributed by atoms with Gasteiger partial charge >= 0.3 is 0 Å². The molecule has 4 nitrogen and oxygen atoms in total. The second kappa shape index (κ2) is 8.50. The monoisotopic (exact) mass is 463 g/mol. The second-order valence-electron chi connectivity index (χ2n) is 6.13. The van der Waals surface area contributed by atoms with E-state index in [4.69, 9.17) is 11.6 Å². The zero-order valence-corrected chi connectivity index (χ0v) is 18.4. The highest BCUT2D eigenvalue weighted by Crippen LogP contribution is 2.26. The molecule has 140 valence electrons. The number of aromatic nitrogens is 2. The predicted molar refractivity (Wildman–Crippen MR) is 116 cm³/mol. The van der Waals surface area contributed by atoms with Crippen LogP contribution in [0.2, 0.25) is 5.02 Å². The van der Waals surface area contributed by atoms with E-state index in [1.54, 1.807) is 23.9 Å². The van der Waals surface area contributed by atoms with E-state index in [1.807, 2.05) is 55.1 Å². The molecule has 0 spiro atoms. The largest absolute Gasteiger partial charge is 0.319 e. The highest BCUT2D eigenvalue weighted by molar-refractivity contribution is 9.10. The third-order valence-corrected chi connectivity index (χ3v) is 5.87. The van der Waals surface area contributed by atoms with Gasteiger partial charge in [0.2, 0.25) is 0 Å². The van der Waals surface area contributed by atoms with Gasteiger partial charge in [0.1, 0.15) is 0 Å². The quantitative estimate of drug-likeness (QED) is 0.475. The van der Waals surface area contributed by atoms with Gasteiger partial charge in [-0.25, -0.2) is 0 Å². The van der Waals surface area contributed by atoms with Gasteiger partial charge < -0.3 is 5.32 Å². The molecule has 0 aliphatic rings. The Balaban J connectivity index is 1.84. The van der Waals surface area contributed by atoms with Crippen LogP contribution < -0.4 is 5.32 Å². The van der Waals surface area contributed by atoms with Gasteiger partial charge in [0.05, 0.1) is 34.2 Å². The average Bonchev–Trinajstić information content (AvgIpc) is 2.91. The summed E-state index contributed by atoms with van der Waals surface area (Å²) in [4.78, 5) is 13.8. The van der Waals surface area contributed by atoms with Crippen molar-refractivity contribution in [1.29, 1.82) is 0 Å². The minimum Gasteiger partial charge on any atom is -0.319 e. The van der Waals surface area contributed by atoms with Crippen molar-refractivity contribution in [1.82, 2.24) is 9.78 Å². The van der Waals surface area contributed by atoms with E-state index in [9.17, 15) is 4.79 Å². The van der Waals surface area contributed by atoms with Crippen molar-refractivity contribution in [3.8, 4) is 0 Å². The highest BCUT2D eigenvalue weighted by Gasteiger charge is 2.17. The summed E-state index contributed by atoms with van der Waals surface area (Å²) in [6.07, 6.45) is 1.96. The van der Waals surface area contributed by atoms with Crippen LogP contribution in [0.1, 0.15) is 27.3 Å². The van der Waals surface area contributed by atoms with E-state index >= 15 is 0 Å². The lowest BCUT2D eigenvalue weighted by Gasteiger charge is -2.09. The average molecular weight is 465 g/mol. The van der Waals surface area contributed by atoms with Crippen LogP contribution in [-0.4, -0.2) is 21.9 Å². The van der Waals surface area contributed by atoms with Gasteiger partial charge in [-0.15, -0.1) is 11.8 Å². The van der Waals surface area contributed by atoms with Crippen LogP contribution in [0.5, 0.6) is 0 Å². The molecule has 27 heavy (non-hydrogen) atoms. The molecule has 2 aromatic carbocycles. The molecule has 0 aliphatic heterocycles. The minimum absolute atomic E-state index is 0.231. The molecule has 0 atom stereocenters. The lowest BCUT2D eigenvalue weighted by Crippen LogP contribution is -2.14. The van der Waals surface area contributed by atoms with Crippen LogP contribution in [0.3, 0.4) is 0 Å². The first-order valence-corrected chi connectivity index (χ1v) is 10.7. The Morgan fingerprint density at radius 3 is 2.59 bits per heavy atom. The number of carbonyl (C=O) groups is 1. The number of carbonyl (C=O) groups excluding carboxylic acids is 1. The number of nitrogens with one attached hydrogen (secondary N) is 1. The molecule has 3 aromatic rings. The molecular formula is C20H19BrClN3OS.